The number of para-hydroxylation sites is 2. The summed E-state index contributed by atoms with van der Waals surface area (Å²) in [4.78, 5) is 16.4. The smallest absolute Gasteiger partial charge is 0.251 e. The van der Waals surface area contributed by atoms with Gasteiger partial charge in [0.15, 0.2) is 11.5 Å². The van der Waals surface area contributed by atoms with Gasteiger partial charge in [-0.1, -0.05) is 12.1 Å². The maximum absolute atomic E-state index is 12.1. The minimum absolute atomic E-state index is 0.00477. The first-order chi connectivity index (χ1) is 11.6. The number of rotatable bonds is 5. The number of ether oxygens (including phenoxy) is 2. The van der Waals surface area contributed by atoms with Gasteiger partial charge in [0.2, 0.25) is 0 Å². The van der Waals surface area contributed by atoms with Gasteiger partial charge in [-0.25, -0.2) is 0 Å². The second-order valence-electron chi connectivity index (χ2n) is 6.20. The van der Waals surface area contributed by atoms with Crippen LogP contribution in [0.5, 0.6) is 11.5 Å². The zero-order chi connectivity index (χ0) is 16.9. The van der Waals surface area contributed by atoms with Crippen molar-refractivity contribution in [3.05, 3.63) is 53.9 Å². The van der Waals surface area contributed by atoms with Gasteiger partial charge in [-0.2, -0.15) is 0 Å². The van der Waals surface area contributed by atoms with E-state index in [4.69, 9.17) is 9.47 Å². The Morgan fingerprint density at radius 3 is 2.88 bits per heavy atom. The molecule has 3 rings (SSSR count). The first kappa shape index (κ1) is 16.3. The van der Waals surface area contributed by atoms with Crippen molar-refractivity contribution in [2.45, 2.75) is 38.8 Å². The summed E-state index contributed by atoms with van der Waals surface area (Å²) in [6, 6.07) is 11.4. The number of aryl methyl sites for hydroxylation is 1. The zero-order valence-electron chi connectivity index (χ0n) is 14.0. The summed E-state index contributed by atoms with van der Waals surface area (Å²) < 4.78 is 11.7. The van der Waals surface area contributed by atoms with E-state index in [0.717, 1.165) is 30.0 Å². The van der Waals surface area contributed by atoms with Crippen LogP contribution in [0.25, 0.3) is 0 Å². The van der Waals surface area contributed by atoms with Gasteiger partial charge in [0.05, 0.1) is 0 Å². The standard InChI is InChI=1S/C19H22N2O3/c1-13(2)21-19(22)14-9-10-20-15(11-14)7-8-16-12-23-17-5-3-4-6-18(17)24-16/h3-6,9-11,13,16H,7-8,12H2,1-2H3,(H,21,22)/t16-/m1/s1. The molecule has 1 aliphatic heterocycles. The number of amides is 1. The number of hydrogen-bond acceptors (Lipinski definition) is 4. The maximum Gasteiger partial charge on any atom is 0.251 e. The number of hydrogen-bond donors (Lipinski definition) is 1. The normalized spacial score (nSPS) is 16.0. The highest BCUT2D eigenvalue weighted by molar-refractivity contribution is 5.94. The third-order valence-corrected chi connectivity index (χ3v) is 3.79. The average molecular weight is 326 g/mol. The van der Waals surface area contributed by atoms with E-state index in [0.29, 0.717) is 12.2 Å². The predicted molar refractivity (Wildman–Crippen MR) is 91.5 cm³/mol. The maximum atomic E-state index is 12.1. The van der Waals surface area contributed by atoms with Gasteiger partial charge >= 0.3 is 0 Å². The van der Waals surface area contributed by atoms with Crippen LogP contribution in [0, 0.1) is 0 Å². The van der Waals surface area contributed by atoms with Gasteiger partial charge in [-0.15, -0.1) is 0 Å². The summed E-state index contributed by atoms with van der Waals surface area (Å²) in [7, 11) is 0. The molecule has 0 spiro atoms. The highest BCUT2D eigenvalue weighted by Gasteiger charge is 2.20. The van der Waals surface area contributed by atoms with E-state index in [-0.39, 0.29) is 18.1 Å². The molecule has 1 N–H and O–H groups in total. The summed E-state index contributed by atoms with van der Waals surface area (Å²) >= 11 is 0. The van der Waals surface area contributed by atoms with E-state index in [9.17, 15) is 4.79 Å². The molecule has 0 saturated carbocycles. The Morgan fingerprint density at radius 2 is 2.08 bits per heavy atom. The Kier molecular flexibility index (Phi) is 4.99. The number of nitrogens with zero attached hydrogens (tertiary/aromatic N) is 1. The van der Waals surface area contributed by atoms with Crippen molar-refractivity contribution < 1.29 is 14.3 Å². The summed E-state index contributed by atoms with van der Waals surface area (Å²) in [5.74, 6) is 1.51. The fourth-order valence-electron chi connectivity index (χ4n) is 2.62. The number of carbonyl (C=O) groups is 1. The molecule has 1 aromatic carbocycles. The van der Waals surface area contributed by atoms with Gasteiger partial charge < -0.3 is 14.8 Å². The molecule has 2 heterocycles. The van der Waals surface area contributed by atoms with Crippen LogP contribution in [0.4, 0.5) is 0 Å². The molecule has 24 heavy (non-hydrogen) atoms. The lowest BCUT2D eigenvalue weighted by atomic mass is 10.1. The largest absolute Gasteiger partial charge is 0.486 e. The van der Waals surface area contributed by atoms with E-state index in [1.54, 1.807) is 12.3 Å². The number of carbonyl (C=O) groups excluding carboxylic acids is 1. The van der Waals surface area contributed by atoms with Crippen LogP contribution < -0.4 is 14.8 Å². The van der Waals surface area contributed by atoms with Crippen molar-refractivity contribution >= 4 is 5.91 Å². The first-order valence-corrected chi connectivity index (χ1v) is 8.26. The fourth-order valence-corrected chi connectivity index (χ4v) is 2.62. The minimum Gasteiger partial charge on any atom is -0.486 e. The molecule has 0 radical (unpaired) electrons. The minimum atomic E-state index is -0.0696. The van der Waals surface area contributed by atoms with Crippen LogP contribution in [0.1, 0.15) is 36.3 Å². The van der Waals surface area contributed by atoms with E-state index >= 15 is 0 Å². The summed E-state index contributed by atoms with van der Waals surface area (Å²) in [5.41, 5.74) is 1.52. The van der Waals surface area contributed by atoms with Crippen molar-refractivity contribution in [2.24, 2.45) is 0 Å². The Bertz CT molecular complexity index is 715. The summed E-state index contributed by atoms with van der Waals surface area (Å²) in [6.45, 7) is 4.42. The molecular formula is C19H22N2O3. The molecule has 1 aromatic heterocycles. The molecule has 2 aromatic rings. The third-order valence-electron chi connectivity index (χ3n) is 3.79. The zero-order valence-corrected chi connectivity index (χ0v) is 14.0. The Morgan fingerprint density at radius 1 is 1.29 bits per heavy atom. The molecule has 0 aliphatic carbocycles. The molecule has 1 amide bonds. The average Bonchev–Trinajstić information content (AvgIpc) is 2.59. The van der Waals surface area contributed by atoms with Crippen LogP contribution in [0.3, 0.4) is 0 Å². The molecular weight excluding hydrogens is 304 g/mol. The Labute approximate surface area is 142 Å². The van der Waals surface area contributed by atoms with Crippen molar-refractivity contribution in [3.8, 4) is 11.5 Å². The SMILES string of the molecule is CC(C)NC(=O)c1ccnc(CC[C@@H]2COc3ccccc3O2)c1. The Balaban J connectivity index is 1.58. The second kappa shape index (κ2) is 7.34. The quantitative estimate of drug-likeness (QED) is 0.917. The number of fused-ring (bicyclic) bond motifs is 1. The monoisotopic (exact) mass is 326 g/mol. The van der Waals surface area contributed by atoms with Crippen molar-refractivity contribution in [2.75, 3.05) is 6.61 Å². The number of benzene rings is 1. The van der Waals surface area contributed by atoms with Gasteiger partial charge in [0, 0.05) is 23.5 Å². The molecule has 0 saturated heterocycles. The van der Waals surface area contributed by atoms with Crippen molar-refractivity contribution in [1.82, 2.24) is 10.3 Å². The lowest BCUT2D eigenvalue weighted by Crippen LogP contribution is -2.30. The molecule has 5 heteroatoms. The van der Waals surface area contributed by atoms with E-state index in [1.165, 1.54) is 0 Å². The highest BCUT2D eigenvalue weighted by Crippen LogP contribution is 2.31. The Hall–Kier alpha value is -2.56. The van der Waals surface area contributed by atoms with Crippen LogP contribution >= 0.6 is 0 Å². The van der Waals surface area contributed by atoms with Crippen molar-refractivity contribution in [3.63, 3.8) is 0 Å². The summed E-state index contributed by atoms with van der Waals surface area (Å²) in [6.07, 6.45) is 3.20. The van der Waals surface area contributed by atoms with Gasteiger partial charge in [0.25, 0.3) is 5.91 Å². The lowest BCUT2D eigenvalue weighted by Gasteiger charge is -2.26. The molecule has 0 bridgehead atoms. The topological polar surface area (TPSA) is 60.5 Å². The molecule has 0 unspecified atom stereocenters. The van der Waals surface area contributed by atoms with Gasteiger partial charge in [0.1, 0.15) is 12.7 Å². The lowest BCUT2D eigenvalue weighted by molar-refractivity contribution is 0.0849. The molecule has 1 aliphatic rings. The molecule has 1 atom stereocenters. The third kappa shape index (κ3) is 4.04. The highest BCUT2D eigenvalue weighted by atomic mass is 16.6. The molecule has 5 nitrogen and oxygen atoms in total. The van der Waals surface area contributed by atoms with E-state index in [1.807, 2.05) is 44.2 Å². The number of pyridine rings is 1. The van der Waals surface area contributed by atoms with Crippen LogP contribution in [-0.2, 0) is 6.42 Å². The van der Waals surface area contributed by atoms with Crippen LogP contribution in [0.2, 0.25) is 0 Å². The van der Waals surface area contributed by atoms with Gasteiger partial charge in [-0.3, -0.25) is 9.78 Å². The van der Waals surface area contributed by atoms with Crippen molar-refractivity contribution in [1.29, 1.82) is 0 Å². The van der Waals surface area contributed by atoms with Crippen LogP contribution in [-0.4, -0.2) is 29.6 Å². The molecule has 0 fully saturated rings. The van der Waals surface area contributed by atoms with E-state index < -0.39 is 0 Å². The fraction of sp³-hybridized carbons (Fsp3) is 0.368. The number of aromatic nitrogens is 1. The molecule has 126 valence electrons. The van der Waals surface area contributed by atoms with Gasteiger partial charge in [-0.05, 0) is 51.0 Å². The predicted octanol–water partition coefficient (Wildman–Crippen LogP) is 2.99. The first-order valence-electron chi connectivity index (χ1n) is 8.26. The summed E-state index contributed by atoms with van der Waals surface area (Å²) in [5, 5.41) is 2.89. The second-order valence-corrected chi connectivity index (χ2v) is 6.20. The van der Waals surface area contributed by atoms with Crippen LogP contribution in [0.15, 0.2) is 42.6 Å². The number of nitrogens with one attached hydrogen (secondary N) is 1. The van der Waals surface area contributed by atoms with E-state index in [2.05, 4.69) is 10.3 Å².